The Kier molecular flexibility index (Phi) is 7.84. The Morgan fingerprint density at radius 1 is 1.03 bits per heavy atom. The van der Waals surface area contributed by atoms with Crippen LogP contribution in [0, 0.1) is 5.92 Å². The van der Waals surface area contributed by atoms with E-state index in [9.17, 15) is 18.0 Å². The van der Waals surface area contributed by atoms with E-state index in [4.69, 9.17) is 9.47 Å². The predicted octanol–water partition coefficient (Wildman–Crippen LogP) is 3.16. The molecule has 2 N–H and O–H groups in total. The van der Waals surface area contributed by atoms with Gasteiger partial charge in [0.1, 0.15) is 0 Å². The molecular formula is C22H27N3O6S. The summed E-state index contributed by atoms with van der Waals surface area (Å²) in [5.41, 5.74) is 1.26. The highest BCUT2D eigenvalue weighted by atomic mass is 32.2. The van der Waals surface area contributed by atoms with Gasteiger partial charge in [0.15, 0.2) is 0 Å². The third-order valence-electron chi connectivity index (χ3n) is 4.64. The van der Waals surface area contributed by atoms with Crippen LogP contribution in [0.2, 0.25) is 0 Å². The van der Waals surface area contributed by atoms with Gasteiger partial charge in [-0.2, -0.15) is 4.31 Å². The van der Waals surface area contributed by atoms with E-state index in [2.05, 4.69) is 10.6 Å². The number of anilines is 2. The first-order chi connectivity index (χ1) is 15.3. The van der Waals surface area contributed by atoms with E-state index in [1.807, 2.05) is 13.8 Å². The van der Waals surface area contributed by atoms with Crippen LogP contribution in [0.5, 0.6) is 0 Å². The van der Waals surface area contributed by atoms with Crippen LogP contribution in [-0.2, 0) is 19.5 Å². The summed E-state index contributed by atoms with van der Waals surface area (Å²) >= 11 is 0. The number of amides is 2. The Bertz CT molecular complexity index is 1050. The maximum atomic E-state index is 12.7. The normalized spacial score (nSPS) is 14.7. The fourth-order valence-corrected chi connectivity index (χ4v) is 4.40. The maximum Gasteiger partial charge on any atom is 0.411 e. The highest BCUT2D eigenvalue weighted by Gasteiger charge is 2.26. The van der Waals surface area contributed by atoms with Crippen molar-refractivity contribution in [3.05, 3.63) is 54.1 Å². The SMILES string of the molecule is CC(C)COC(=O)Nc1cccc(NC(=O)c2ccc(S(=O)(=O)N3CCOCC3)cc2)c1. The molecule has 2 amide bonds. The number of nitrogens with zero attached hydrogens (tertiary/aromatic N) is 1. The number of sulfonamides is 1. The lowest BCUT2D eigenvalue weighted by Crippen LogP contribution is -2.40. The molecule has 1 aliphatic rings. The summed E-state index contributed by atoms with van der Waals surface area (Å²) in [6.07, 6.45) is -0.570. The number of carbonyl (C=O) groups is 2. The summed E-state index contributed by atoms with van der Waals surface area (Å²) in [7, 11) is -3.62. The number of carbonyl (C=O) groups excluding carboxylic acids is 2. The third-order valence-corrected chi connectivity index (χ3v) is 6.55. The van der Waals surface area contributed by atoms with Crippen molar-refractivity contribution in [1.29, 1.82) is 0 Å². The number of hydrogen-bond acceptors (Lipinski definition) is 6. The van der Waals surface area contributed by atoms with Gasteiger partial charge in [0, 0.05) is 30.0 Å². The quantitative estimate of drug-likeness (QED) is 0.655. The topological polar surface area (TPSA) is 114 Å². The molecule has 1 fully saturated rings. The first-order valence-electron chi connectivity index (χ1n) is 10.3. The van der Waals surface area contributed by atoms with Crippen molar-refractivity contribution in [2.45, 2.75) is 18.7 Å². The maximum absolute atomic E-state index is 12.7. The van der Waals surface area contributed by atoms with E-state index in [0.717, 1.165) is 0 Å². The largest absolute Gasteiger partial charge is 0.449 e. The van der Waals surface area contributed by atoms with Crippen molar-refractivity contribution in [3.63, 3.8) is 0 Å². The van der Waals surface area contributed by atoms with Gasteiger partial charge in [-0.1, -0.05) is 19.9 Å². The van der Waals surface area contributed by atoms with Gasteiger partial charge in [-0.05, 0) is 48.4 Å². The Labute approximate surface area is 187 Å². The van der Waals surface area contributed by atoms with Crippen molar-refractivity contribution >= 4 is 33.4 Å². The standard InChI is InChI=1S/C22H27N3O6S/c1-16(2)15-31-22(27)24-19-5-3-4-18(14-19)23-21(26)17-6-8-20(9-7-17)32(28,29)25-10-12-30-13-11-25/h3-9,14,16H,10-13,15H2,1-2H3,(H,23,26)(H,24,27). The average molecular weight is 462 g/mol. The Balaban J connectivity index is 1.63. The molecule has 1 heterocycles. The molecule has 1 aliphatic heterocycles. The van der Waals surface area contributed by atoms with E-state index in [-0.39, 0.29) is 10.8 Å². The van der Waals surface area contributed by atoms with Crippen LogP contribution in [0.1, 0.15) is 24.2 Å². The molecule has 2 aromatic rings. The van der Waals surface area contributed by atoms with Crippen LogP contribution in [0.4, 0.5) is 16.2 Å². The number of hydrogen-bond donors (Lipinski definition) is 2. The van der Waals surface area contributed by atoms with E-state index < -0.39 is 22.0 Å². The predicted molar refractivity (Wildman–Crippen MR) is 120 cm³/mol. The number of morpholine rings is 1. The number of benzene rings is 2. The summed E-state index contributed by atoms with van der Waals surface area (Å²) in [6, 6.07) is 12.4. The highest BCUT2D eigenvalue weighted by molar-refractivity contribution is 7.89. The second kappa shape index (κ2) is 10.6. The van der Waals surface area contributed by atoms with Gasteiger partial charge >= 0.3 is 6.09 Å². The van der Waals surface area contributed by atoms with Gasteiger partial charge in [0.05, 0.1) is 24.7 Å². The zero-order valence-corrected chi connectivity index (χ0v) is 18.9. The van der Waals surface area contributed by atoms with Gasteiger partial charge in [-0.25, -0.2) is 13.2 Å². The molecule has 10 heteroatoms. The molecule has 0 aliphatic carbocycles. The van der Waals surface area contributed by atoms with Gasteiger partial charge in [-0.3, -0.25) is 10.1 Å². The highest BCUT2D eigenvalue weighted by Crippen LogP contribution is 2.20. The number of ether oxygens (including phenoxy) is 2. The lowest BCUT2D eigenvalue weighted by molar-refractivity contribution is 0.0730. The van der Waals surface area contributed by atoms with Gasteiger partial charge in [0.2, 0.25) is 10.0 Å². The molecule has 0 bridgehead atoms. The first-order valence-corrected chi connectivity index (χ1v) is 11.7. The first kappa shape index (κ1) is 23.7. The molecule has 32 heavy (non-hydrogen) atoms. The monoisotopic (exact) mass is 461 g/mol. The molecule has 0 radical (unpaired) electrons. The molecule has 9 nitrogen and oxygen atoms in total. The lowest BCUT2D eigenvalue weighted by Gasteiger charge is -2.26. The van der Waals surface area contributed by atoms with Crippen molar-refractivity contribution in [2.75, 3.05) is 43.5 Å². The molecule has 2 aromatic carbocycles. The molecule has 0 spiro atoms. The van der Waals surface area contributed by atoms with Crippen LogP contribution < -0.4 is 10.6 Å². The zero-order valence-electron chi connectivity index (χ0n) is 18.0. The van der Waals surface area contributed by atoms with Crippen LogP contribution in [0.3, 0.4) is 0 Å². The molecular weight excluding hydrogens is 434 g/mol. The Hall–Kier alpha value is -2.95. The lowest BCUT2D eigenvalue weighted by atomic mass is 10.2. The minimum atomic E-state index is -3.62. The van der Waals surface area contributed by atoms with Crippen LogP contribution in [0.25, 0.3) is 0 Å². The van der Waals surface area contributed by atoms with Crippen molar-refractivity contribution in [2.24, 2.45) is 5.92 Å². The molecule has 1 saturated heterocycles. The number of rotatable bonds is 7. The van der Waals surface area contributed by atoms with E-state index >= 15 is 0 Å². The summed E-state index contributed by atoms with van der Waals surface area (Å²) in [5.74, 6) is -0.179. The van der Waals surface area contributed by atoms with E-state index in [0.29, 0.717) is 49.8 Å². The molecule has 3 rings (SSSR count). The fraction of sp³-hybridized carbons (Fsp3) is 0.364. The summed E-state index contributed by atoms with van der Waals surface area (Å²) in [4.78, 5) is 24.5. The number of nitrogens with one attached hydrogen (secondary N) is 2. The Morgan fingerprint density at radius 3 is 2.28 bits per heavy atom. The van der Waals surface area contributed by atoms with Crippen LogP contribution >= 0.6 is 0 Å². The van der Waals surface area contributed by atoms with Crippen LogP contribution in [0.15, 0.2) is 53.4 Å². The third kappa shape index (κ3) is 6.28. The Morgan fingerprint density at radius 2 is 1.66 bits per heavy atom. The van der Waals surface area contributed by atoms with E-state index in [1.54, 1.807) is 24.3 Å². The molecule has 0 aromatic heterocycles. The second-order valence-electron chi connectivity index (χ2n) is 7.69. The average Bonchev–Trinajstić information content (AvgIpc) is 2.78. The minimum Gasteiger partial charge on any atom is -0.449 e. The summed E-state index contributed by atoms with van der Waals surface area (Å²) < 4.78 is 37.0. The summed E-state index contributed by atoms with van der Waals surface area (Å²) in [6.45, 7) is 5.52. The van der Waals surface area contributed by atoms with Gasteiger partial charge in [0.25, 0.3) is 5.91 Å². The second-order valence-corrected chi connectivity index (χ2v) is 9.63. The van der Waals surface area contributed by atoms with Gasteiger partial charge < -0.3 is 14.8 Å². The molecule has 172 valence electrons. The molecule has 0 atom stereocenters. The van der Waals surface area contributed by atoms with Gasteiger partial charge in [-0.15, -0.1) is 0 Å². The fourth-order valence-electron chi connectivity index (χ4n) is 2.99. The van der Waals surface area contributed by atoms with E-state index in [1.165, 1.54) is 28.6 Å². The molecule has 0 saturated carbocycles. The summed E-state index contributed by atoms with van der Waals surface area (Å²) in [5, 5.41) is 5.35. The van der Waals surface area contributed by atoms with Crippen molar-refractivity contribution in [1.82, 2.24) is 4.31 Å². The molecule has 0 unspecified atom stereocenters. The zero-order chi connectivity index (χ0) is 23.1. The van der Waals surface area contributed by atoms with Crippen molar-refractivity contribution < 1.29 is 27.5 Å². The van der Waals surface area contributed by atoms with Crippen LogP contribution in [-0.4, -0.2) is 57.6 Å². The van der Waals surface area contributed by atoms with Crippen molar-refractivity contribution in [3.8, 4) is 0 Å². The minimum absolute atomic E-state index is 0.127. The smallest absolute Gasteiger partial charge is 0.411 e.